The Labute approximate surface area is 170 Å². The van der Waals surface area contributed by atoms with Gasteiger partial charge in [0.25, 0.3) is 11.6 Å². The first-order valence-corrected chi connectivity index (χ1v) is 9.32. The van der Waals surface area contributed by atoms with E-state index in [4.69, 9.17) is 11.6 Å². The van der Waals surface area contributed by atoms with Crippen LogP contribution < -0.4 is 16.0 Å². The molecule has 154 valence electrons. The minimum absolute atomic E-state index is 0.0303. The topological polar surface area (TPSA) is 96.3 Å². The highest BCUT2D eigenvalue weighted by Gasteiger charge is 2.29. The van der Waals surface area contributed by atoms with Crippen molar-refractivity contribution in [2.24, 2.45) is 0 Å². The summed E-state index contributed by atoms with van der Waals surface area (Å²) in [5.74, 6) is -1.28. The summed E-state index contributed by atoms with van der Waals surface area (Å²) in [6.45, 7) is 0.423. The van der Waals surface area contributed by atoms with Gasteiger partial charge in [0.05, 0.1) is 15.5 Å². The molecule has 1 heterocycles. The standard InChI is InChI=1S/C19H19ClF2N4O3/c1-23-17-8-12(16-6-10(21)4-5-24-16)13(9-18(17)26(28)29)19(27)25-11-2-3-15(22)14(20)7-11/h2-3,7-10,16,23-24H,4-6H2,1H3,(H,25,27). The first-order valence-electron chi connectivity index (χ1n) is 8.94. The van der Waals surface area contributed by atoms with Crippen LogP contribution in [0.15, 0.2) is 30.3 Å². The van der Waals surface area contributed by atoms with Crippen LogP contribution >= 0.6 is 11.6 Å². The number of halogens is 3. The van der Waals surface area contributed by atoms with E-state index in [1.807, 2.05) is 0 Å². The molecule has 2 atom stereocenters. The highest BCUT2D eigenvalue weighted by atomic mass is 35.5. The molecule has 3 rings (SSSR count). The van der Waals surface area contributed by atoms with E-state index in [0.717, 1.165) is 12.1 Å². The highest BCUT2D eigenvalue weighted by molar-refractivity contribution is 6.31. The number of carbonyl (C=O) groups is 1. The number of alkyl halides is 1. The Morgan fingerprint density at radius 2 is 2.10 bits per heavy atom. The molecule has 0 spiro atoms. The van der Waals surface area contributed by atoms with Crippen molar-refractivity contribution in [1.29, 1.82) is 0 Å². The lowest BCUT2D eigenvalue weighted by molar-refractivity contribution is -0.384. The van der Waals surface area contributed by atoms with Crippen LogP contribution in [0.1, 0.15) is 34.8 Å². The quantitative estimate of drug-likeness (QED) is 0.487. The fourth-order valence-electron chi connectivity index (χ4n) is 3.32. The average molecular weight is 425 g/mol. The van der Waals surface area contributed by atoms with Crippen LogP contribution in [0.2, 0.25) is 5.02 Å². The number of carbonyl (C=O) groups excluding carboxylic acids is 1. The summed E-state index contributed by atoms with van der Waals surface area (Å²) in [6, 6.07) is 5.82. The molecule has 1 saturated heterocycles. The molecule has 7 nitrogen and oxygen atoms in total. The maximum absolute atomic E-state index is 14.0. The molecule has 0 saturated carbocycles. The minimum Gasteiger partial charge on any atom is -0.383 e. The SMILES string of the molecule is CNc1cc(C2CC(F)CCN2)c(C(=O)Nc2ccc(F)c(Cl)c2)cc1[N+](=O)[O-]. The Balaban J connectivity index is 2.03. The minimum atomic E-state index is -1.04. The largest absolute Gasteiger partial charge is 0.383 e. The highest BCUT2D eigenvalue weighted by Crippen LogP contribution is 2.35. The average Bonchev–Trinajstić information content (AvgIpc) is 2.69. The van der Waals surface area contributed by atoms with Crippen molar-refractivity contribution in [2.45, 2.75) is 25.1 Å². The molecule has 0 aromatic heterocycles. The molecule has 0 aliphatic carbocycles. The molecule has 1 aliphatic rings. The molecule has 0 radical (unpaired) electrons. The van der Waals surface area contributed by atoms with Crippen molar-refractivity contribution in [3.63, 3.8) is 0 Å². The van der Waals surface area contributed by atoms with Crippen LogP contribution in [0.25, 0.3) is 0 Å². The summed E-state index contributed by atoms with van der Waals surface area (Å²) >= 11 is 5.74. The van der Waals surface area contributed by atoms with E-state index in [1.165, 1.54) is 25.2 Å². The molecule has 3 N–H and O–H groups in total. The molecular formula is C19H19ClF2N4O3. The number of amides is 1. The Hall–Kier alpha value is -2.78. The van der Waals surface area contributed by atoms with Gasteiger partial charge in [-0.05, 0) is 49.2 Å². The molecule has 2 aromatic rings. The predicted molar refractivity (Wildman–Crippen MR) is 107 cm³/mol. The van der Waals surface area contributed by atoms with E-state index in [0.29, 0.717) is 18.5 Å². The zero-order valence-corrected chi connectivity index (χ0v) is 16.2. The molecule has 0 bridgehead atoms. The molecular weight excluding hydrogens is 406 g/mol. The zero-order chi connectivity index (χ0) is 21.1. The lowest BCUT2D eigenvalue weighted by Crippen LogP contribution is -2.34. The molecule has 1 amide bonds. The number of benzene rings is 2. The number of nitrogens with one attached hydrogen (secondary N) is 3. The Kier molecular flexibility index (Phi) is 6.29. The maximum atomic E-state index is 14.0. The van der Waals surface area contributed by atoms with E-state index in [9.17, 15) is 23.7 Å². The van der Waals surface area contributed by atoms with Gasteiger partial charge in [-0.15, -0.1) is 0 Å². The van der Waals surface area contributed by atoms with E-state index in [2.05, 4.69) is 16.0 Å². The van der Waals surface area contributed by atoms with Crippen molar-refractivity contribution in [2.75, 3.05) is 24.2 Å². The Morgan fingerprint density at radius 3 is 2.72 bits per heavy atom. The summed E-state index contributed by atoms with van der Waals surface area (Å²) in [6.07, 6.45) is -0.539. The van der Waals surface area contributed by atoms with Gasteiger partial charge in [0, 0.05) is 24.8 Å². The van der Waals surface area contributed by atoms with Gasteiger partial charge in [0.15, 0.2) is 0 Å². The fourth-order valence-corrected chi connectivity index (χ4v) is 3.50. The van der Waals surface area contributed by atoms with Crippen LogP contribution in [0.3, 0.4) is 0 Å². The second-order valence-electron chi connectivity index (χ2n) is 6.68. The maximum Gasteiger partial charge on any atom is 0.293 e. The third-order valence-corrected chi connectivity index (χ3v) is 5.06. The summed E-state index contributed by atoms with van der Waals surface area (Å²) in [5.41, 5.74) is 0.628. The summed E-state index contributed by atoms with van der Waals surface area (Å²) in [5, 5.41) is 19.7. The molecule has 2 unspecified atom stereocenters. The summed E-state index contributed by atoms with van der Waals surface area (Å²) in [4.78, 5) is 23.7. The van der Waals surface area contributed by atoms with E-state index in [-0.39, 0.29) is 34.1 Å². The molecule has 1 fully saturated rings. The van der Waals surface area contributed by atoms with Crippen molar-refractivity contribution < 1.29 is 18.5 Å². The normalized spacial score (nSPS) is 18.9. The number of hydrogen-bond donors (Lipinski definition) is 3. The summed E-state index contributed by atoms with van der Waals surface area (Å²) in [7, 11) is 1.53. The van der Waals surface area contributed by atoms with E-state index >= 15 is 0 Å². The first-order chi connectivity index (χ1) is 13.8. The van der Waals surface area contributed by atoms with Crippen molar-refractivity contribution in [1.82, 2.24) is 5.32 Å². The number of nitro groups is 1. The van der Waals surface area contributed by atoms with Gasteiger partial charge in [-0.1, -0.05) is 11.6 Å². The number of nitrogens with zero attached hydrogens (tertiary/aromatic N) is 1. The van der Waals surface area contributed by atoms with Gasteiger partial charge in [-0.3, -0.25) is 14.9 Å². The predicted octanol–water partition coefficient (Wildman–Crippen LogP) is 4.44. The van der Waals surface area contributed by atoms with Crippen molar-refractivity contribution >= 4 is 34.6 Å². The Morgan fingerprint density at radius 1 is 1.34 bits per heavy atom. The third-order valence-electron chi connectivity index (χ3n) is 4.77. The van der Waals surface area contributed by atoms with Gasteiger partial charge in [0.1, 0.15) is 17.7 Å². The number of nitro benzene ring substituents is 1. The second kappa shape index (κ2) is 8.71. The number of piperidine rings is 1. The molecule has 10 heteroatoms. The van der Waals surface area contributed by atoms with Crippen LogP contribution in [0.4, 0.5) is 25.8 Å². The van der Waals surface area contributed by atoms with E-state index < -0.39 is 28.9 Å². The first kappa shape index (κ1) is 20.9. The Bertz CT molecular complexity index is 957. The van der Waals surface area contributed by atoms with Crippen molar-refractivity contribution in [3.8, 4) is 0 Å². The van der Waals surface area contributed by atoms with Gasteiger partial charge in [0.2, 0.25) is 0 Å². The smallest absolute Gasteiger partial charge is 0.293 e. The zero-order valence-electron chi connectivity index (χ0n) is 15.5. The van der Waals surface area contributed by atoms with Gasteiger partial charge in [-0.2, -0.15) is 0 Å². The van der Waals surface area contributed by atoms with Crippen LogP contribution in [-0.4, -0.2) is 30.6 Å². The van der Waals surface area contributed by atoms with Crippen molar-refractivity contribution in [3.05, 3.63) is 62.4 Å². The number of hydrogen-bond acceptors (Lipinski definition) is 5. The lowest BCUT2D eigenvalue weighted by Gasteiger charge is -2.28. The summed E-state index contributed by atoms with van der Waals surface area (Å²) < 4.78 is 27.3. The monoisotopic (exact) mass is 424 g/mol. The van der Waals surface area contributed by atoms with Crippen LogP contribution in [-0.2, 0) is 0 Å². The van der Waals surface area contributed by atoms with E-state index in [1.54, 1.807) is 0 Å². The van der Waals surface area contributed by atoms with Gasteiger partial charge in [-0.25, -0.2) is 8.78 Å². The molecule has 29 heavy (non-hydrogen) atoms. The van der Waals surface area contributed by atoms with Crippen LogP contribution in [0, 0.1) is 15.9 Å². The second-order valence-corrected chi connectivity index (χ2v) is 7.08. The van der Waals surface area contributed by atoms with Crippen LogP contribution in [0.5, 0.6) is 0 Å². The molecule has 2 aromatic carbocycles. The fraction of sp³-hybridized carbons (Fsp3) is 0.316. The number of rotatable bonds is 5. The van der Waals surface area contributed by atoms with Gasteiger partial charge < -0.3 is 16.0 Å². The molecule has 1 aliphatic heterocycles. The number of anilines is 2. The third kappa shape index (κ3) is 4.63. The lowest BCUT2D eigenvalue weighted by atomic mass is 9.91. The van der Waals surface area contributed by atoms with Gasteiger partial charge >= 0.3 is 0 Å².